The largest absolute Gasteiger partial charge is 0.462 e. The number of pyridine rings is 1. The molecule has 148 valence electrons. The van der Waals surface area contributed by atoms with Crippen LogP contribution in [0, 0.1) is 5.82 Å². The van der Waals surface area contributed by atoms with Crippen LogP contribution < -0.4 is 10.9 Å². The predicted molar refractivity (Wildman–Crippen MR) is 107 cm³/mol. The van der Waals surface area contributed by atoms with Gasteiger partial charge in [-0.15, -0.1) is 0 Å². The zero-order valence-electron chi connectivity index (χ0n) is 15.7. The van der Waals surface area contributed by atoms with Crippen molar-refractivity contribution in [2.45, 2.75) is 13.5 Å². The Morgan fingerprint density at radius 1 is 1.00 bits per heavy atom. The summed E-state index contributed by atoms with van der Waals surface area (Å²) in [6, 6.07) is 15.1. The maximum Gasteiger partial charge on any atom is 0.338 e. The van der Waals surface area contributed by atoms with Crippen molar-refractivity contribution in [3.63, 3.8) is 0 Å². The number of hydrogen-bond donors (Lipinski definition) is 1. The third-order valence-electron chi connectivity index (χ3n) is 4.20. The van der Waals surface area contributed by atoms with Gasteiger partial charge in [-0.25, -0.2) is 9.18 Å². The molecule has 7 heteroatoms. The highest BCUT2D eigenvalue weighted by atomic mass is 19.1. The average molecular weight is 394 g/mol. The number of nitrogens with zero attached hydrogens (tertiary/aromatic N) is 1. The van der Waals surface area contributed by atoms with Crippen LogP contribution in [0.1, 0.15) is 33.2 Å². The summed E-state index contributed by atoms with van der Waals surface area (Å²) in [4.78, 5) is 36.3. The molecule has 0 aliphatic heterocycles. The number of amides is 1. The van der Waals surface area contributed by atoms with Crippen molar-refractivity contribution in [1.82, 2.24) is 4.57 Å². The Morgan fingerprint density at radius 2 is 1.69 bits per heavy atom. The second-order valence-electron chi connectivity index (χ2n) is 6.23. The highest BCUT2D eigenvalue weighted by molar-refractivity contribution is 6.04. The molecule has 1 amide bonds. The van der Waals surface area contributed by atoms with E-state index >= 15 is 0 Å². The topological polar surface area (TPSA) is 77.4 Å². The Balaban J connectivity index is 1.75. The average Bonchev–Trinajstić information content (AvgIpc) is 2.72. The Bertz CT molecular complexity index is 1090. The minimum Gasteiger partial charge on any atom is -0.462 e. The molecule has 0 atom stereocenters. The van der Waals surface area contributed by atoms with E-state index in [0.717, 1.165) is 0 Å². The zero-order chi connectivity index (χ0) is 20.8. The second kappa shape index (κ2) is 8.97. The summed E-state index contributed by atoms with van der Waals surface area (Å²) in [5.74, 6) is -1.29. The standard InChI is InChI=1S/C22H19FN2O4/c1-2-29-22(28)15-7-10-18(11-8-15)24-21(27)17-9-12-20(26)25(14-17)13-16-5-3-4-6-19(16)23/h3-12,14H,2,13H2,1H3,(H,24,27). The molecule has 0 fully saturated rings. The first kappa shape index (κ1) is 20.0. The summed E-state index contributed by atoms with van der Waals surface area (Å²) >= 11 is 0. The van der Waals surface area contributed by atoms with Crippen LogP contribution >= 0.6 is 0 Å². The maximum atomic E-state index is 13.9. The smallest absolute Gasteiger partial charge is 0.338 e. The quantitative estimate of drug-likeness (QED) is 0.650. The SMILES string of the molecule is CCOC(=O)c1ccc(NC(=O)c2ccc(=O)n(Cc3ccccc3F)c2)cc1. The van der Waals surface area contributed by atoms with Crippen LogP contribution in [0.3, 0.4) is 0 Å². The van der Waals surface area contributed by atoms with Crippen molar-refractivity contribution in [3.05, 3.63) is 99.7 Å². The summed E-state index contributed by atoms with van der Waals surface area (Å²) < 4.78 is 20.1. The van der Waals surface area contributed by atoms with Crippen molar-refractivity contribution >= 4 is 17.6 Å². The number of hydrogen-bond acceptors (Lipinski definition) is 4. The number of rotatable bonds is 6. The van der Waals surface area contributed by atoms with Crippen LogP contribution in [-0.4, -0.2) is 23.1 Å². The molecule has 3 aromatic rings. The van der Waals surface area contributed by atoms with Gasteiger partial charge in [0.15, 0.2) is 0 Å². The van der Waals surface area contributed by atoms with E-state index in [1.165, 1.54) is 29.0 Å². The molecular formula is C22H19FN2O4. The predicted octanol–water partition coefficient (Wildman–Crippen LogP) is 3.46. The van der Waals surface area contributed by atoms with Gasteiger partial charge in [-0.1, -0.05) is 18.2 Å². The van der Waals surface area contributed by atoms with Crippen molar-refractivity contribution in [1.29, 1.82) is 0 Å². The zero-order valence-corrected chi connectivity index (χ0v) is 15.7. The molecule has 1 aromatic heterocycles. The molecule has 0 bridgehead atoms. The van der Waals surface area contributed by atoms with Crippen LogP contribution in [0.15, 0.2) is 71.7 Å². The summed E-state index contributed by atoms with van der Waals surface area (Å²) in [7, 11) is 0. The fourth-order valence-corrected chi connectivity index (χ4v) is 2.71. The van der Waals surface area contributed by atoms with E-state index < -0.39 is 17.7 Å². The number of carbonyl (C=O) groups excluding carboxylic acids is 2. The molecule has 0 unspecified atom stereocenters. The van der Waals surface area contributed by atoms with E-state index in [4.69, 9.17) is 4.74 Å². The first-order valence-electron chi connectivity index (χ1n) is 9.00. The van der Waals surface area contributed by atoms with Crippen molar-refractivity contribution in [3.8, 4) is 0 Å². The van der Waals surface area contributed by atoms with Crippen LogP contribution in [0.25, 0.3) is 0 Å². The van der Waals surface area contributed by atoms with Crippen LogP contribution in [0.4, 0.5) is 10.1 Å². The highest BCUT2D eigenvalue weighted by Crippen LogP contribution is 2.13. The first-order valence-corrected chi connectivity index (χ1v) is 9.00. The summed E-state index contributed by atoms with van der Waals surface area (Å²) in [5, 5.41) is 2.70. The number of halogens is 1. The van der Waals surface area contributed by atoms with E-state index in [0.29, 0.717) is 16.8 Å². The number of esters is 1. The van der Waals surface area contributed by atoms with Gasteiger partial charge in [0.25, 0.3) is 11.5 Å². The molecule has 1 N–H and O–H groups in total. The monoisotopic (exact) mass is 394 g/mol. The number of aromatic nitrogens is 1. The normalized spacial score (nSPS) is 10.4. The lowest BCUT2D eigenvalue weighted by Crippen LogP contribution is -2.23. The molecule has 1 heterocycles. The van der Waals surface area contributed by atoms with E-state index in [9.17, 15) is 18.8 Å². The molecule has 6 nitrogen and oxygen atoms in total. The van der Waals surface area contributed by atoms with Gasteiger partial charge in [0.05, 0.1) is 24.3 Å². The van der Waals surface area contributed by atoms with Crippen molar-refractivity contribution in [2.24, 2.45) is 0 Å². The van der Waals surface area contributed by atoms with Crippen LogP contribution in [0.5, 0.6) is 0 Å². The number of nitrogens with one attached hydrogen (secondary N) is 1. The Kier molecular flexibility index (Phi) is 6.19. The van der Waals surface area contributed by atoms with Crippen molar-refractivity contribution < 1.29 is 18.7 Å². The van der Waals surface area contributed by atoms with Gasteiger partial charge < -0.3 is 14.6 Å². The summed E-state index contributed by atoms with van der Waals surface area (Å²) in [5.41, 5.74) is 1.11. The van der Waals surface area contributed by atoms with Gasteiger partial charge in [-0.3, -0.25) is 9.59 Å². The van der Waals surface area contributed by atoms with Crippen molar-refractivity contribution in [2.75, 3.05) is 11.9 Å². The molecule has 0 spiro atoms. The molecule has 29 heavy (non-hydrogen) atoms. The third kappa shape index (κ3) is 4.95. The Morgan fingerprint density at radius 3 is 2.38 bits per heavy atom. The summed E-state index contributed by atoms with van der Waals surface area (Å²) in [6.45, 7) is 2.01. The minimum absolute atomic E-state index is 0.0147. The Labute approximate surface area is 166 Å². The molecule has 0 aliphatic rings. The van der Waals surface area contributed by atoms with Crippen LogP contribution in [-0.2, 0) is 11.3 Å². The molecule has 2 aromatic carbocycles. The van der Waals surface area contributed by atoms with E-state index in [-0.39, 0.29) is 24.3 Å². The van der Waals surface area contributed by atoms with Crippen LogP contribution in [0.2, 0.25) is 0 Å². The van der Waals surface area contributed by atoms with Gasteiger partial charge in [-0.05, 0) is 43.3 Å². The molecular weight excluding hydrogens is 375 g/mol. The molecule has 0 saturated carbocycles. The van der Waals surface area contributed by atoms with Gasteiger partial charge in [0, 0.05) is 23.5 Å². The minimum atomic E-state index is -0.439. The first-order chi connectivity index (χ1) is 14.0. The lowest BCUT2D eigenvalue weighted by atomic mass is 10.2. The fourth-order valence-electron chi connectivity index (χ4n) is 2.71. The molecule has 3 rings (SSSR count). The highest BCUT2D eigenvalue weighted by Gasteiger charge is 2.11. The summed E-state index contributed by atoms with van der Waals surface area (Å²) in [6.07, 6.45) is 1.39. The van der Waals surface area contributed by atoms with Gasteiger partial charge in [0.2, 0.25) is 0 Å². The molecule has 0 radical (unpaired) electrons. The number of carbonyl (C=O) groups is 2. The van der Waals surface area contributed by atoms with Gasteiger partial charge >= 0.3 is 5.97 Å². The third-order valence-corrected chi connectivity index (χ3v) is 4.20. The van der Waals surface area contributed by atoms with E-state index in [1.54, 1.807) is 49.4 Å². The lowest BCUT2D eigenvalue weighted by Gasteiger charge is -2.10. The number of anilines is 1. The molecule has 0 saturated heterocycles. The van der Waals surface area contributed by atoms with Gasteiger partial charge in [-0.2, -0.15) is 0 Å². The van der Waals surface area contributed by atoms with E-state index in [1.807, 2.05) is 0 Å². The fraction of sp³-hybridized carbons (Fsp3) is 0.136. The van der Waals surface area contributed by atoms with Gasteiger partial charge in [0.1, 0.15) is 5.82 Å². The number of benzene rings is 2. The lowest BCUT2D eigenvalue weighted by molar-refractivity contribution is 0.0526. The Hall–Kier alpha value is -3.74. The molecule has 0 aliphatic carbocycles. The maximum absolute atomic E-state index is 13.9. The van der Waals surface area contributed by atoms with E-state index in [2.05, 4.69) is 5.32 Å². The number of ether oxygens (including phenoxy) is 1. The second-order valence-corrected chi connectivity index (χ2v) is 6.23.